The van der Waals surface area contributed by atoms with E-state index in [1.54, 1.807) is 21.1 Å². The van der Waals surface area contributed by atoms with Crippen molar-refractivity contribution in [3.63, 3.8) is 0 Å². The zero-order chi connectivity index (χ0) is 13.0. The van der Waals surface area contributed by atoms with Crippen LogP contribution in [0.1, 0.15) is 24.1 Å². The molecule has 0 aliphatic rings. The molecular formula is C13H19NO3. The van der Waals surface area contributed by atoms with Crippen LogP contribution in [0.4, 0.5) is 0 Å². The highest BCUT2D eigenvalue weighted by molar-refractivity contribution is 5.71. The summed E-state index contributed by atoms with van der Waals surface area (Å²) in [4.78, 5) is 11.1. The van der Waals surface area contributed by atoms with Gasteiger partial charge in [-0.15, -0.1) is 0 Å². The third-order valence-corrected chi connectivity index (χ3v) is 2.92. The van der Waals surface area contributed by atoms with Crippen molar-refractivity contribution in [2.45, 2.75) is 19.9 Å². The average Bonchev–Trinajstić information content (AvgIpc) is 2.30. The number of ether oxygens (including phenoxy) is 1. The van der Waals surface area contributed by atoms with Gasteiger partial charge in [0.05, 0.1) is 13.0 Å². The van der Waals surface area contributed by atoms with Crippen molar-refractivity contribution in [2.24, 2.45) is 5.92 Å². The second kappa shape index (κ2) is 5.68. The molecule has 0 spiro atoms. The van der Waals surface area contributed by atoms with Gasteiger partial charge in [0.15, 0.2) is 0 Å². The minimum Gasteiger partial charge on any atom is -0.496 e. The number of aryl methyl sites for hydroxylation is 1. The van der Waals surface area contributed by atoms with Crippen LogP contribution >= 0.6 is 0 Å². The molecule has 0 amide bonds. The lowest BCUT2D eigenvalue weighted by Gasteiger charge is -2.23. The van der Waals surface area contributed by atoms with Crippen LogP contribution in [-0.4, -0.2) is 25.2 Å². The second-order valence-electron chi connectivity index (χ2n) is 4.14. The molecule has 2 atom stereocenters. The predicted molar refractivity (Wildman–Crippen MR) is 66.3 cm³/mol. The Labute approximate surface area is 102 Å². The molecule has 0 aliphatic heterocycles. The number of hydrogen-bond acceptors (Lipinski definition) is 3. The van der Waals surface area contributed by atoms with E-state index < -0.39 is 11.9 Å². The Bertz CT molecular complexity index is 404. The summed E-state index contributed by atoms with van der Waals surface area (Å²) in [6.07, 6.45) is 0. The summed E-state index contributed by atoms with van der Waals surface area (Å²) in [6, 6.07) is 5.51. The number of rotatable bonds is 5. The quantitative estimate of drug-likeness (QED) is 0.822. The Hall–Kier alpha value is -1.55. The summed E-state index contributed by atoms with van der Waals surface area (Å²) >= 11 is 0. The standard InChI is InChI=1S/C13H19NO3/c1-8-5-6-11(17-4)10(7-8)12(14-3)9(2)13(15)16/h5-7,9,12,14H,1-4H3,(H,15,16). The van der Waals surface area contributed by atoms with Gasteiger partial charge in [0.2, 0.25) is 0 Å². The van der Waals surface area contributed by atoms with E-state index in [1.807, 2.05) is 25.1 Å². The summed E-state index contributed by atoms with van der Waals surface area (Å²) in [5.41, 5.74) is 1.96. The molecule has 0 bridgehead atoms. The van der Waals surface area contributed by atoms with Crippen LogP contribution < -0.4 is 10.1 Å². The van der Waals surface area contributed by atoms with Gasteiger partial charge in [-0.3, -0.25) is 4.79 Å². The van der Waals surface area contributed by atoms with Crippen LogP contribution in [0.5, 0.6) is 5.75 Å². The lowest BCUT2D eigenvalue weighted by atomic mass is 9.93. The molecule has 4 heteroatoms. The highest BCUT2D eigenvalue weighted by atomic mass is 16.5. The number of carbonyl (C=O) groups is 1. The molecule has 4 nitrogen and oxygen atoms in total. The summed E-state index contributed by atoms with van der Waals surface area (Å²) in [5.74, 6) is -0.633. The molecular weight excluding hydrogens is 218 g/mol. The van der Waals surface area contributed by atoms with Crippen LogP contribution in [0.2, 0.25) is 0 Å². The minimum absolute atomic E-state index is 0.262. The summed E-state index contributed by atoms with van der Waals surface area (Å²) in [7, 11) is 3.35. The maximum Gasteiger partial charge on any atom is 0.308 e. The number of carboxylic acid groups (broad SMARTS) is 1. The highest BCUT2D eigenvalue weighted by Gasteiger charge is 2.26. The van der Waals surface area contributed by atoms with Gasteiger partial charge < -0.3 is 15.2 Å². The molecule has 2 N–H and O–H groups in total. The molecule has 2 unspecified atom stereocenters. The molecule has 0 heterocycles. The van der Waals surface area contributed by atoms with E-state index in [9.17, 15) is 4.79 Å². The van der Waals surface area contributed by atoms with Crippen molar-refractivity contribution < 1.29 is 14.6 Å². The number of hydrogen-bond donors (Lipinski definition) is 2. The highest BCUT2D eigenvalue weighted by Crippen LogP contribution is 2.30. The minimum atomic E-state index is -0.826. The van der Waals surface area contributed by atoms with E-state index in [-0.39, 0.29) is 6.04 Å². The number of nitrogens with one attached hydrogen (secondary N) is 1. The zero-order valence-electron chi connectivity index (χ0n) is 10.7. The Balaban J connectivity index is 3.18. The topological polar surface area (TPSA) is 58.6 Å². The first-order chi connectivity index (χ1) is 8.01. The Morgan fingerprint density at radius 3 is 2.59 bits per heavy atom. The average molecular weight is 237 g/mol. The van der Waals surface area contributed by atoms with E-state index in [2.05, 4.69) is 5.32 Å². The molecule has 1 aromatic carbocycles. The first-order valence-corrected chi connectivity index (χ1v) is 5.55. The maximum absolute atomic E-state index is 11.1. The molecule has 0 fully saturated rings. The third-order valence-electron chi connectivity index (χ3n) is 2.92. The molecule has 0 radical (unpaired) electrons. The van der Waals surface area contributed by atoms with Gasteiger partial charge in [-0.05, 0) is 20.0 Å². The van der Waals surface area contributed by atoms with Crippen molar-refractivity contribution in [3.05, 3.63) is 29.3 Å². The third kappa shape index (κ3) is 2.97. The number of benzene rings is 1. The Morgan fingerprint density at radius 1 is 1.47 bits per heavy atom. The van der Waals surface area contributed by atoms with Gasteiger partial charge >= 0.3 is 5.97 Å². The number of methoxy groups -OCH3 is 1. The summed E-state index contributed by atoms with van der Waals surface area (Å²) in [5, 5.41) is 12.1. The molecule has 17 heavy (non-hydrogen) atoms. The predicted octanol–water partition coefficient (Wildman–Crippen LogP) is 1.98. The molecule has 0 saturated heterocycles. The van der Waals surface area contributed by atoms with Gasteiger partial charge in [-0.25, -0.2) is 0 Å². The second-order valence-corrected chi connectivity index (χ2v) is 4.14. The first kappa shape index (κ1) is 13.5. The molecule has 0 aliphatic carbocycles. The number of carboxylic acids is 1. The zero-order valence-corrected chi connectivity index (χ0v) is 10.7. The fourth-order valence-electron chi connectivity index (χ4n) is 1.91. The molecule has 1 rings (SSSR count). The van der Waals surface area contributed by atoms with Crippen LogP contribution in [0.15, 0.2) is 18.2 Å². The van der Waals surface area contributed by atoms with Gasteiger partial charge in [0, 0.05) is 11.6 Å². The summed E-state index contributed by atoms with van der Waals surface area (Å²) < 4.78 is 5.28. The largest absolute Gasteiger partial charge is 0.496 e. The normalized spacial score (nSPS) is 14.1. The number of aliphatic carboxylic acids is 1. The van der Waals surface area contributed by atoms with Crippen LogP contribution in [0.25, 0.3) is 0 Å². The van der Waals surface area contributed by atoms with Crippen molar-refractivity contribution in [2.75, 3.05) is 14.2 Å². The molecule has 0 aromatic heterocycles. The van der Waals surface area contributed by atoms with E-state index in [0.29, 0.717) is 5.75 Å². The smallest absolute Gasteiger partial charge is 0.308 e. The van der Waals surface area contributed by atoms with Gasteiger partial charge in [0.1, 0.15) is 5.75 Å². The van der Waals surface area contributed by atoms with Crippen molar-refractivity contribution in [3.8, 4) is 5.75 Å². The van der Waals surface area contributed by atoms with Crippen molar-refractivity contribution in [1.29, 1.82) is 0 Å². The SMILES string of the molecule is CNC(c1cc(C)ccc1OC)C(C)C(=O)O. The van der Waals surface area contributed by atoms with Crippen LogP contribution in [0.3, 0.4) is 0 Å². The van der Waals surface area contributed by atoms with E-state index in [0.717, 1.165) is 11.1 Å². The van der Waals surface area contributed by atoms with Gasteiger partial charge in [-0.1, -0.05) is 24.6 Å². The van der Waals surface area contributed by atoms with Crippen molar-refractivity contribution in [1.82, 2.24) is 5.32 Å². The van der Waals surface area contributed by atoms with Crippen LogP contribution in [0, 0.1) is 12.8 Å². The lowest BCUT2D eigenvalue weighted by molar-refractivity contribution is -0.142. The fraction of sp³-hybridized carbons (Fsp3) is 0.462. The summed E-state index contributed by atoms with van der Waals surface area (Å²) in [6.45, 7) is 3.66. The van der Waals surface area contributed by atoms with Gasteiger partial charge in [0.25, 0.3) is 0 Å². The Morgan fingerprint density at radius 2 is 2.12 bits per heavy atom. The maximum atomic E-state index is 11.1. The van der Waals surface area contributed by atoms with Gasteiger partial charge in [-0.2, -0.15) is 0 Å². The molecule has 0 saturated carbocycles. The first-order valence-electron chi connectivity index (χ1n) is 5.55. The fourth-order valence-corrected chi connectivity index (χ4v) is 1.91. The van der Waals surface area contributed by atoms with E-state index >= 15 is 0 Å². The Kier molecular flexibility index (Phi) is 4.52. The monoisotopic (exact) mass is 237 g/mol. The molecule has 1 aromatic rings. The van der Waals surface area contributed by atoms with E-state index in [4.69, 9.17) is 9.84 Å². The molecule has 94 valence electrons. The van der Waals surface area contributed by atoms with Crippen LogP contribution in [-0.2, 0) is 4.79 Å². The van der Waals surface area contributed by atoms with E-state index in [1.165, 1.54) is 0 Å². The van der Waals surface area contributed by atoms with Crippen molar-refractivity contribution >= 4 is 5.97 Å². The lowest BCUT2D eigenvalue weighted by Crippen LogP contribution is -2.29.